The first kappa shape index (κ1) is 11.9. The molecule has 0 aliphatic heterocycles. The van der Waals surface area contributed by atoms with Gasteiger partial charge in [-0.2, -0.15) is 5.26 Å². The Labute approximate surface area is 103 Å². The fraction of sp³-hybridized carbons (Fsp3) is 0.571. The van der Waals surface area contributed by atoms with Crippen molar-refractivity contribution < 1.29 is 0 Å². The van der Waals surface area contributed by atoms with Gasteiger partial charge in [-0.1, -0.05) is 19.8 Å². The first-order chi connectivity index (χ1) is 8.24. The van der Waals surface area contributed by atoms with E-state index in [0.29, 0.717) is 17.7 Å². The summed E-state index contributed by atoms with van der Waals surface area (Å²) in [5.41, 5.74) is 1.50. The minimum absolute atomic E-state index is 0.535. The highest BCUT2D eigenvalue weighted by Crippen LogP contribution is 2.31. The lowest BCUT2D eigenvalue weighted by Gasteiger charge is -2.37. The largest absolute Gasteiger partial charge is 0.369 e. The molecule has 0 saturated heterocycles. The minimum Gasteiger partial charge on any atom is -0.369 e. The highest BCUT2D eigenvalue weighted by Gasteiger charge is 2.26. The normalized spacial score (nSPS) is 24.1. The molecule has 0 bridgehead atoms. The van der Waals surface area contributed by atoms with E-state index in [-0.39, 0.29) is 0 Å². The Morgan fingerprint density at radius 2 is 2.18 bits per heavy atom. The van der Waals surface area contributed by atoms with E-state index in [4.69, 9.17) is 5.26 Å². The summed E-state index contributed by atoms with van der Waals surface area (Å²) in [7, 11) is 2.09. The van der Waals surface area contributed by atoms with Gasteiger partial charge < -0.3 is 4.90 Å². The summed E-state index contributed by atoms with van der Waals surface area (Å²) in [6.07, 6.45) is 6.82. The summed E-state index contributed by atoms with van der Waals surface area (Å²) in [5, 5.41) is 9.09. The molecular formula is C14H19N3. The second-order valence-corrected chi connectivity index (χ2v) is 4.92. The molecule has 1 fully saturated rings. The predicted molar refractivity (Wildman–Crippen MR) is 68.8 cm³/mol. The van der Waals surface area contributed by atoms with Gasteiger partial charge in [0.1, 0.15) is 6.07 Å². The van der Waals surface area contributed by atoms with Crippen LogP contribution in [-0.4, -0.2) is 18.1 Å². The summed E-state index contributed by atoms with van der Waals surface area (Å²) in [4.78, 5) is 6.38. The Morgan fingerprint density at radius 3 is 2.88 bits per heavy atom. The maximum Gasteiger partial charge on any atom is 0.163 e. The van der Waals surface area contributed by atoms with Crippen LogP contribution in [-0.2, 0) is 0 Å². The number of nitriles is 1. The van der Waals surface area contributed by atoms with Gasteiger partial charge in [-0.3, -0.25) is 0 Å². The lowest BCUT2D eigenvalue weighted by molar-refractivity contribution is 0.321. The zero-order valence-corrected chi connectivity index (χ0v) is 10.6. The van der Waals surface area contributed by atoms with Crippen molar-refractivity contribution in [1.29, 1.82) is 5.26 Å². The fourth-order valence-electron chi connectivity index (χ4n) is 2.82. The molecule has 0 spiro atoms. The SMILES string of the molecule is CC1CCCCC1N(C)c1cccnc1C#N. The van der Waals surface area contributed by atoms with Crippen LogP contribution in [0.3, 0.4) is 0 Å². The molecule has 1 aliphatic carbocycles. The molecule has 2 rings (SSSR count). The number of hydrogen-bond donors (Lipinski definition) is 0. The van der Waals surface area contributed by atoms with E-state index in [0.717, 1.165) is 5.69 Å². The zero-order valence-electron chi connectivity index (χ0n) is 10.6. The molecule has 2 unspecified atom stereocenters. The maximum atomic E-state index is 9.09. The van der Waals surface area contributed by atoms with Crippen molar-refractivity contribution in [2.24, 2.45) is 5.92 Å². The van der Waals surface area contributed by atoms with E-state index < -0.39 is 0 Å². The first-order valence-electron chi connectivity index (χ1n) is 6.32. The first-order valence-corrected chi connectivity index (χ1v) is 6.32. The summed E-state index contributed by atoms with van der Waals surface area (Å²) >= 11 is 0. The molecule has 1 aromatic rings. The quantitative estimate of drug-likeness (QED) is 0.782. The van der Waals surface area contributed by atoms with E-state index in [2.05, 4.69) is 29.9 Å². The molecule has 3 nitrogen and oxygen atoms in total. The fourth-order valence-corrected chi connectivity index (χ4v) is 2.82. The molecule has 0 radical (unpaired) electrons. The molecule has 3 heteroatoms. The summed E-state index contributed by atoms with van der Waals surface area (Å²) in [6, 6.07) is 6.62. The van der Waals surface area contributed by atoms with Crippen molar-refractivity contribution in [2.75, 3.05) is 11.9 Å². The summed E-state index contributed by atoms with van der Waals surface area (Å²) < 4.78 is 0. The Kier molecular flexibility index (Phi) is 3.63. The minimum atomic E-state index is 0.535. The van der Waals surface area contributed by atoms with E-state index in [9.17, 15) is 0 Å². The second kappa shape index (κ2) is 5.18. The van der Waals surface area contributed by atoms with E-state index >= 15 is 0 Å². The van der Waals surface area contributed by atoms with Gasteiger partial charge in [0.15, 0.2) is 5.69 Å². The Morgan fingerprint density at radius 1 is 1.41 bits per heavy atom. The van der Waals surface area contributed by atoms with Crippen LogP contribution in [0.25, 0.3) is 0 Å². The average molecular weight is 229 g/mol. The Hall–Kier alpha value is -1.56. The number of anilines is 1. The third-order valence-electron chi connectivity index (χ3n) is 3.84. The van der Waals surface area contributed by atoms with E-state index in [1.807, 2.05) is 12.1 Å². The molecule has 90 valence electrons. The number of pyridine rings is 1. The lowest BCUT2D eigenvalue weighted by atomic mass is 9.85. The number of aromatic nitrogens is 1. The molecule has 0 amide bonds. The van der Waals surface area contributed by atoms with Gasteiger partial charge in [-0.25, -0.2) is 4.98 Å². The molecule has 0 N–H and O–H groups in total. The third kappa shape index (κ3) is 2.41. The van der Waals surface area contributed by atoms with Gasteiger partial charge in [0.25, 0.3) is 0 Å². The van der Waals surface area contributed by atoms with Crippen molar-refractivity contribution in [2.45, 2.75) is 38.6 Å². The summed E-state index contributed by atoms with van der Waals surface area (Å²) in [6.45, 7) is 2.31. The van der Waals surface area contributed by atoms with Crippen LogP contribution in [0.15, 0.2) is 18.3 Å². The number of hydrogen-bond acceptors (Lipinski definition) is 3. The topological polar surface area (TPSA) is 39.9 Å². The highest BCUT2D eigenvalue weighted by molar-refractivity contribution is 5.55. The van der Waals surface area contributed by atoms with E-state index in [1.165, 1.54) is 25.7 Å². The van der Waals surface area contributed by atoms with Crippen molar-refractivity contribution in [3.05, 3.63) is 24.0 Å². The van der Waals surface area contributed by atoms with Crippen molar-refractivity contribution >= 4 is 5.69 Å². The maximum absolute atomic E-state index is 9.09. The predicted octanol–water partition coefficient (Wildman–Crippen LogP) is 2.97. The number of rotatable bonds is 2. The number of nitrogens with zero attached hydrogens (tertiary/aromatic N) is 3. The zero-order chi connectivity index (χ0) is 12.3. The molecule has 1 saturated carbocycles. The lowest BCUT2D eigenvalue weighted by Crippen LogP contribution is -2.39. The average Bonchev–Trinajstić information content (AvgIpc) is 2.38. The highest BCUT2D eigenvalue weighted by atomic mass is 15.1. The molecule has 1 aromatic heterocycles. The van der Waals surface area contributed by atoms with Gasteiger partial charge in [-0.15, -0.1) is 0 Å². The van der Waals surface area contributed by atoms with Gasteiger partial charge in [0, 0.05) is 19.3 Å². The smallest absolute Gasteiger partial charge is 0.163 e. The van der Waals surface area contributed by atoms with Crippen LogP contribution in [0.5, 0.6) is 0 Å². The van der Waals surface area contributed by atoms with Crippen LogP contribution in [0.1, 0.15) is 38.3 Å². The van der Waals surface area contributed by atoms with Crippen LogP contribution in [0, 0.1) is 17.2 Å². The molecule has 1 aliphatic rings. The molecule has 17 heavy (non-hydrogen) atoms. The molecule has 0 aromatic carbocycles. The third-order valence-corrected chi connectivity index (χ3v) is 3.84. The van der Waals surface area contributed by atoms with Gasteiger partial charge in [-0.05, 0) is 30.9 Å². The second-order valence-electron chi connectivity index (χ2n) is 4.92. The monoisotopic (exact) mass is 229 g/mol. The molecular weight excluding hydrogens is 210 g/mol. The Bertz CT molecular complexity index is 422. The van der Waals surface area contributed by atoms with Crippen molar-refractivity contribution in [3.63, 3.8) is 0 Å². The van der Waals surface area contributed by atoms with Gasteiger partial charge in [0.2, 0.25) is 0 Å². The van der Waals surface area contributed by atoms with Crippen LogP contribution in [0.2, 0.25) is 0 Å². The standard InChI is InChI=1S/C14H19N3/c1-11-6-3-4-7-13(11)17(2)14-8-5-9-16-12(14)10-15/h5,8-9,11,13H,3-4,6-7H2,1-2H3. The molecule has 1 heterocycles. The van der Waals surface area contributed by atoms with Crippen LogP contribution >= 0.6 is 0 Å². The van der Waals surface area contributed by atoms with Gasteiger partial charge in [0.05, 0.1) is 5.69 Å². The van der Waals surface area contributed by atoms with Crippen LogP contribution < -0.4 is 4.90 Å². The van der Waals surface area contributed by atoms with E-state index in [1.54, 1.807) is 6.20 Å². The summed E-state index contributed by atoms with van der Waals surface area (Å²) in [5.74, 6) is 0.695. The van der Waals surface area contributed by atoms with Gasteiger partial charge >= 0.3 is 0 Å². The van der Waals surface area contributed by atoms with Crippen LogP contribution in [0.4, 0.5) is 5.69 Å². The Balaban J connectivity index is 2.24. The van der Waals surface area contributed by atoms with Crippen molar-refractivity contribution in [3.8, 4) is 6.07 Å². The van der Waals surface area contributed by atoms with Crippen molar-refractivity contribution in [1.82, 2.24) is 4.98 Å². The molecule has 2 atom stereocenters.